The van der Waals surface area contributed by atoms with E-state index in [0.717, 1.165) is 17.8 Å². The van der Waals surface area contributed by atoms with Crippen molar-refractivity contribution in [3.05, 3.63) is 57.8 Å². The molecule has 1 aliphatic carbocycles. The van der Waals surface area contributed by atoms with Crippen LogP contribution in [-0.2, 0) is 6.54 Å². The summed E-state index contributed by atoms with van der Waals surface area (Å²) in [5.41, 5.74) is 2.29. The topological polar surface area (TPSA) is 45.2 Å². The van der Waals surface area contributed by atoms with Crippen LogP contribution >= 0.6 is 23.2 Å². The molecule has 1 amide bonds. The molecule has 6 heteroatoms. The lowest BCUT2D eigenvalue weighted by Crippen LogP contribution is -2.33. The third kappa shape index (κ3) is 4.76. The zero-order chi connectivity index (χ0) is 18.5. The van der Waals surface area contributed by atoms with Crippen LogP contribution < -0.4 is 5.32 Å². The number of aromatic nitrogens is 1. The Balaban J connectivity index is 1.72. The first-order chi connectivity index (χ1) is 12.5. The molecule has 3 rings (SSSR count). The van der Waals surface area contributed by atoms with Crippen molar-refractivity contribution in [2.45, 2.75) is 44.7 Å². The second-order valence-corrected chi connectivity index (χ2v) is 7.58. The number of carbonyl (C=O) groups excluding carboxylic acids is 1. The van der Waals surface area contributed by atoms with E-state index in [0.29, 0.717) is 11.6 Å². The van der Waals surface area contributed by atoms with Gasteiger partial charge in [-0.2, -0.15) is 0 Å². The molecule has 1 saturated carbocycles. The molecule has 0 radical (unpaired) electrons. The molecule has 0 saturated heterocycles. The fraction of sp³-hybridized carbons (Fsp3) is 0.400. The number of nitrogens with one attached hydrogen (secondary N) is 1. The van der Waals surface area contributed by atoms with Crippen molar-refractivity contribution in [2.75, 3.05) is 12.4 Å². The van der Waals surface area contributed by atoms with Crippen LogP contribution in [0.15, 0.2) is 36.5 Å². The van der Waals surface area contributed by atoms with Gasteiger partial charge in [0.25, 0.3) is 5.91 Å². The summed E-state index contributed by atoms with van der Waals surface area (Å²) in [6.45, 7) is 0.806. The molecule has 0 bridgehead atoms. The summed E-state index contributed by atoms with van der Waals surface area (Å²) in [6, 6.07) is 10.1. The van der Waals surface area contributed by atoms with E-state index in [-0.39, 0.29) is 16.1 Å². The SMILES string of the molecule is CN(Cc1ccccc1NC(=O)c1cnc(Cl)c(Cl)c1)C1CCCCC1. The number of halogens is 2. The molecule has 1 aromatic carbocycles. The summed E-state index contributed by atoms with van der Waals surface area (Å²) in [5, 5.41) is 3.43. The van der Waals surface area contributed by atoms with Gasteiger partial charge in [0.2, 0.25) is 0 Å². The smallest absolute Gasteiger partial charge is 0.257 e. The zero-order valence-corrected chi connectivity index (χ0v) is 16.4. The van der Waals surface area contributed by atoms with E-state index in [1.807, 2.05) is 18.2 Å². The molecule has 26 heavy (non-hydrogen) atoms. The van der Waals surface area contributed by atoms with Crippen LogP contribution in [0.2, 0.25) is 10.2 Å². The fourth-order valence-corrected chi connectivity index (χ4v) is 3.71. The maximum absolute atomic E-state index is 12.6. The fourth-order valence-electron chi connectivity index (χ4n) is 3.44. The number of anilines is 1. The van der Waals surface area contributed by atoms with Crippen molar-refractivity contribution in [1.29, 1.82) is 0 Å². The molecule has 1 heterocycles. The number of carbonyl (C=O) groups is 1. The van der Waals surface area contributed by atoms with E-state index >= 15 is 0 Å². The van der Waals surface area contributed by atoms with Crippen LogP contribution in [0, 0.1) is 0 Å². The average molecular weight is 392 g/mol. The van der Waals surface area contributed by atoms with E-state index in [1.165, 1.54) is 44.4 Å². The van der Waals surface area contributed by atoms with Crippen LogP contribution in [0.4, 0.5) is 5.69 Å². The van der Waals surface area contributed by atoms with Gasteiger partial charge in [0.1, 0.15) is 5.15 Å². The molecule has 1 N–H and O–H groups in total. The Morgan fingerprint density at radius 3 is 2.69 bits per heavy atom. The molecule has 0 atom stereocenters. The number of pyridine rings is 1. The van der Waals surface area contributed by atoms with Gasteiger partial charge in [-0.3, -0.25) is 9.69 Å². The zero-order valence-electron chi connectivity index (χ0n) is 14.8. The highest BCUT2D eigenvalue weighted by atomic mass is 35.5. The summed E-state index contributed by atoms with van der Waals surface area (Å²) in [6.07, 6.45) is 7.88. The summed E-state index contributed by atoms with van der Waals surface area (Å²) in [5.74, 6) is -0.246. The molecule has 0 aliphatic heterocycles. The Kier molecular flexibility index (Phi) is 6.52. The molecule has 0 unspecified atom stereocenters. The number of benzene rings is 1. The van der Waals surface area contributed by atoms with Gasteiger partial charge in [0.15, 0.2) is 0 Å². The molecule has 2 aromatic rings. The Hall–Kier alpha value is -1.62. The number of para-hydroxylation sites is 1. The highest BCUT2D eigenvalue weighted by molar-refractivity contribution is 6.41. The van der Waals surface area contributed by atoms with Gasteiger partial charge in [-0.05, 0) is 37.6 Å². The molecule has 0 spiro atoms. The van der Waals surface area contributed by atoms with Crippen LogP contribution in [0.1, 0.15) is 48.0 Å². The van der Waals surface area contributed by atoms with Crippen molar-refractivity contribution in [3.8, 4) is 0 Å². The maximum atomic E-state index is 12.6. The summed E-state index contributed by atoms with van der Waals surface area (Å²) < 4.78 is 0. The quantitative estimate of drug-likeness (QED) is 0.693. The van der Waals surface area contributed by atoms with Crippen molar-refractivity contribution in [1.82, 2.24) is 9.88 Å². The highest BCUT2D eigenvalue weighted by Crippen LogP contribution is 2.25. The number of hydrogen-bond acceptors (Lipinski definition) is 3. The van der Waals surface area contributed by atoms with E-state index in [2.05, 4.69) is 28.3 Å². The average Bonchev–Trinajstić information content (AvgIpc) is 2.66. The normalized spacial score (nSPS) is 15.2. The van der Waals surface area contributed by atoms with Crippen molar-refractivity contribution >= 4 is 34.8 Å². The van der Waals surface area contributed by atoms with Crippen molar-refractivity contribution < 1.29 is 4.79 Å². The summed E-state index contributed by atoms with van der Waals surface area (Å²) in [7, 11) is 2.16. The van der Waals surface area contributed by atoms with E-state index in [1.54, 1.807) is 0 Å². The van der Waals surface area contributed by atoms with Gasteiger partial charge in [-0.25, -0.2) is 4.98 Å². The number of amides is 1. The Morgan fingerprint density at radius 1 is 1.23 bits per heavy atom. The van der Waals surface area contributed by atoms with Crippen LogP contribution in [0.5, 0.6) is 0 Å². The first kappa shape index (κ1) is 19.2. The Labute approximate surface area is 164 Å². The molecular formula is C20H23Cl2N3O. The van der Waals surface area contributed by atoms with Crippen LogP contribution in [0.3, 0.4) is 0 Å². The maximum Gasteiger partial charge on any atom is 0.257 e. The second kappa shape index (κ2) is 8.85. The predicted molar refractivity (Wildman–Crippen MR) is 107 cm³/mol. The predicted octanol–water partition coefficient (Wildman–Crippen LogP) is 5.41. The lowest BCUT2D eigenvalue weighted by molar-refractivity contribution is 0.102. The minimum absolute atomic E-state index is 0.192. The van der Waals surface area contributed by atoms with Gasteiger partial charge in [-0.1, -0.05) is 60.7 Å². The number of hydrogen-bond donors (Lipinski definition) is 1. The van der Waals surface area contributed by atoms with E-state index < -0.39 is 0 Å². The van der Waals surface area contributed by atoms with Crippen molar-refractivity contribution in [3.63, 3.8) is 0 Å². The van der Waals surface area contributed by atoms with Gasteiger partial charge >= 0.3 is 0 Å². The lowest BCUT2D eigenvalue weighted by Gasteiger charge is -2.31. The molecule has 138 valence electrons. The molecule has 4 nitrogen and oxygen atoms in total. The van der Waals surface area contributed by atoms with Gasteiger partial charge in [-0.15, -0.1) is 0 Å². The molecule has 1 fully saturated rings. The number of nitrogens with zero attached hydrogens (tertiary/aromatic N) is 2. The molecule has 1 aromatic heterocycles. The first-order valence-electron chi connectivity index (χ1n) is 8.95. The van der Waals surface area contributed by atoms with Gasteiger partial charge in [0, 0.05) is 24.5 Å². The lowest BCUT2D eigenvalue weighted by atomic mass is 9.94. The minimum atomic E-state index is -0.246. The van der Waals surface area contributed by atoms with E-state index in [4.69, 9.17) is 23.2 Å². The van der Waals surface area contributed by atoms with Gasteiger partial charge < -0.3 is 5.32 Å². The Morgan fingerprint density at radius 2 is 1.96 bits per heavy atom. The van der Waals surface area contributed by atoms with Crippen molar-refractivity contribution in [2.24, 2.45) is 0 Å². The third-order valence-corrected chi connectivity index (χ3v) is 5.63. The summed E-state index contributed by atoms with van der Waals surface area (Å²) >= 11 is 11.8. The Bertz CT molecular complexity index is 775. The monoisotopic (exact) mass is 391 g/mol. The summed E-state index contributed by atoms with van der Waals surface area (Å²) in [4.78, 5) is 18.9. The van der Waals surface area contributed by atoms with E-state index in [9.17, 15) is 4.79 Å². The van der Waals surface area contributed by atoms with Crippen LogP contribution in [0.25, 0.3) is 0 Å². The van der Waals surface area contributed by atoms with Crippen LogP contribution in [-0.4, -0.2) is 28.9 Å². The minimum Gasteiger partial charge on any atom is -0.322 e. The second-order valence-electron chi connectivity index (χ2n) is 6.81. The van der Waals surface area contributed by atoms with Gasteiger partial charge in [0.05, 0.1) is 10.6 Å². The standard InChI is InChI=1S/C20H23Cl2N3O/c1-25(16-8-3-2-4-9-16)13-14-7-5-6-10-18(14)24-20(26)15-11-17(21)19(22)23-12-15/h5-7,10-12,16H,2-4,8-9,13H2,1H3,(H,24,26). The molecule has 1 aliphatic rings. The third-order valence-electron chi connectivity index (χ3n) is 4.94. The molecular weight excluding hydrogens is 369 g/mol. The first-order valence-corrected chi connectivity index (χ1v) is 9.70. The largest absolute Gasteiger partial charge is 0.322 e. The highest BCUT2D eigenvalue weighted by Gasteiger charge is 2.19. The number of rotatable bonds is 5.